The molecule has 0 radical (unpaired) electrons. The molecule has 0 unspecified atom stereocenters. The number of nitrogens with zero attached hydrogens (tertiary/aromatic N) is 4. The molecule has 0 atom stereocenters. The Bertz CT molecular complexity index is 920. The second kappa shape index (κ2) is 9.56. The summed E-state index contributed by atoms with van der Waals surface area (Å²) in [4.78, 5) is 40.4. The Morgan fingerprint density at radius 2 is 1.76 bits per heavy atom. The van der Waals surface area contributed by atoms with Crippen molar-refractivity contribution in [1.82, 2.24) is 20.0 Å². The average Bonchev–Trinajstić information content (AvgIpc) is 2.74. The number of carbonyl (C=O) groups excluding carboxylic acids is 2. The first-order chi connectivity index (χ1) is 14.0. The Labute approximate surface area is 174 Å². The summed E-state index contributed by atoms with van der Waals surface area (Å²) in [5.74, 6) is -0.612. The van der Waals surface area contributed by atoms with Gasteiger partial charge in [-0.05, 0) is 36.8 Å². The number of aromatic nitrogens is 2. The zero-order valence-electron chi connectivity index (χ0n) is 16.3. The number of nitrogens with one attached hydrogen (secondary N) is 1. The van der Waals surface area contributed by atoms with Crippen LogP contribution in [0.3, 0.4) is 0 Å². The third-order valence-corrected chi connectivity index (χ3v) is 5.01. The number of piperazine rings is 1. The molecule has 1 saturated heterocycles. The van der Waals surface area contributed by atoms with E-state index in [0.717, 1.165) is 12.1 Å². The number of rotatable bonds is 6. The molecule has 8 nitrogen and oxygen atoms in total. The van der Waals surface area contributed by atoms with E-state index in [9.17, 15) is 14.4 Å². The van der Waals surface area contributed by atoms with Gasteiger partial charge in [-0.2, -0.15) is 5.10 Å². The molecule has 0 aliphatic carbocycles. The summed E-state index contributed by atoms with van der Waals surface area (Å²) in [7, 11) is 0. The van der Waals surface area contributed by atoms with Crippen molar-refractivity contribution in [3.63, 3.8) is 0 Å². The molecular formula is C20H24ClN5O3. The molecule has 3 rings (SSSR count). The normalized spacial score (nSPS) is 14.0. The van der Waals surface area contributed by atoms with Crippen LogP contribution in [-0.2, 0) is 11.3 Å². The number of hydrogen-bond donors (Lipinski definition) is 1. The van der Waals surface area contributed by atoms with E-state index in [4.69, 9.17) is 11.6 Å². The lowest BCUT2D eigenvalue weighted by Gasteiger charge is -2.36. The van der Waals surface area contributed by atoms with Gasteiger partial charge in [-0.3, -0.25) is 14.4 Å². The first kappa shape index (κ1) is 20.9. The van der Waals surface area contributed by atoms with Crippen LogP contribution in [-0.4, -0.2) is 59.2 Å². The van der Waals surface area contributed by atoms with E-state index >= 15 is 0 Å². The fourth-order valence-electron chi connectivity index (χ4n) is 3.17. The van der Waals surface area contributed by atoms with Crippen molar-refractivity contribution in [3.8, 4) is 0 Å². The standard InChI is InChI=1S/C20H24ClN5O3/c1-2-9-26-18(27)8-7-17(23-26)20(29)22-14-19(28)25-12-10-24(11-13-25)16-5-3-15(21)4-6-16/h3-8H,2,9-14H2,1H3,(H,22,29). The molecule has 1 fully saturated rings. The van der Waals surface area contributed by atoms with Crippen molar-refractivity contribution in [3.05, 3.63) is 57.5 Å². The van der Waals surface area contributed by atoms with Crippen LogP contribution in [0.1, 0.15) is 23.8 Å². The van der Waals surface area contributed by atoms with Gasteiger partial charge in [-0.1, -0.05) is 18.5 Å². The van der Waals surface area contributed by atoms with Gasteiger partial charge in [0.15, 0.2) is 0 Å². The number of carbonyl (C=O) groups is 2. The van der Waals surface area contributed by atoms with Gasteiger partial charge in [0.2, 0.25) is 5.91 Å². The quantitative estimate of drug-likeness (QED) is 0.767. The van der Waals surface area contributed by atoms with Crippen LogP contribution in [0.25, 0.3) is 0 Å². The summed E-state index contributed by atoms with van der Waals surface area (Å²) in [5, 5.41) is 7.34. The van der Waals surface area contributed by atoms with Crippen LogP contribution in [0.2, 0.25) is 5.02 Å². The van der Waals surface area contributed by atoms with Crippen molar-refractivity contribution in [2.24, 2.45) is 0 Å². The van der Waals surface area contributed by atoms with Gasteiger partial charge in [0, 0.05) is 49.5 Å². The average molecular weight is 418 g/mol. The molecule has 1 N–H and O–H groups in total. The summed E-state index contributed by atoms with van der Waals surface area (Å²) in [6.45, 7) is 4.85. The number of aryl methyl sites for hydroxylation is 1. The van der Waals surface area contributed by atoms with Gasteiger partial charge in [-0.25, -0.2) is 4.68 Å². The Hall–Kier alpha value is -2.87. The second-order valence-corrected chi connectivity index (χ2v) is 7.24. The largest absolute Gasteiger partial charge is 0.368 e. The summed E-state index contributed by atoms with van der Waals surface area (Å²) in [6, 6.07) is 10.3. The van der Waals surface area contributed by atoms with E-state index in [1.807, 2.05) is 31.2 Å². The molecule has 1 aliphatic rings. The lowest BCUT2D eigenvalue weighted by Crippen LogP contribution is -2.51. The molecule has 1 aliphatic heterocycles. The zero-order valence-corrected chi connectivity index (χ0v) is 17.1. The summed E-state index contributed by atoms with van der Waals surface area (Å²) >= 11 is 5.92. The number of benzene rings is 1. The zero-order chi connectivity index (χ0) is 20.8. The van der Waals surface area contributed by atoms with Crippen molar-refractivity contribution in [2.75, 3.05) is 37.6 Å². The highest BCUT2D eigenvalue weighted by Gasteiger charge is 2.22. The van der Waals surface area contributed by atoms with Crippen LogP contribution >= 0.6 is 11.6 Å². The van der Waals surface area contributed by atoms with E-state index in [1.165, 1.54) is 16.8 Å². The lowest BCUT2D eigenvalue weighted by molar-refractivity contribution is -0.130. The molecule has 9 heteroatoms. The van der Waals surface area contributed by atoms with E-state index in [2.05, 4.69) is 15.3 Å². The minimum absolute atomic E-state index is 0.103. The van der Waals surface area contributed by atoms with Crippen LogP contribution in [0.4, 0.5) is 5.69 Å². The fourth-order valence-corrected chi connectivity index (χ4v) is 3.29. The van der Waals surface area contributed by atoms with Gasteiger partial charge in [0.1, 0.15) is 5.69 Å². The highest BCUT2D eigenvalue weighted by Crippen LogP contribution is 2.19. The van der Waals surface area contributed by atoms with E-state index < -0.39 is 5.91 Å². The predicted molar refractivity (Wildman–Crippen MR) is 111 cm³/mol. The van der Waals surface area contributed by atoms with Crippen molar-refractivity contribution >= 4 is 29.1 Å². The first-order valence-electron chi connectivity index (χ1n) is 9.62. The summed E-state index contributed by atoms with van der Waals surface area (Å²) in [5.41, 5.74) is 0.944. The maximum Gasteiger partial charge on any atom is 0.272 e. The molecule has 0 bridgehead atoms. The van der Waals surface area contributed by atoms with E-state index in [1.54, 1.807) is 4.90 Å². The Morgan fingerprint density at radius 3 is 2.41 bits per heavy atom. The third kappa shape index (κ3) is 5.35. The van der Waals surface area contributed by atoms with Crippen molar-refractivity contribution in [2.45, 2.75) is 19.9 Å². The topological polar surface area (TPSA) is 87.5 Å². The smallest absolute Gasteiger partial charge is 0.272 e. The minimum Gasteiger partial charge on any atom is -0.368 e. The number of hydrogen-bond acceptors (Lipinski definition) is 5. The third-order valence-electron chi connectivity index (χ3n) is 4.76. The van der Waals surface area contributed by atoms with Crippen LogP contribution in [0.15, 0.2) is 41.2 Å². The molecule has 2 heterocycles. The molecule has 2 aromatic rings. The van der Waals surface area contributed by atoms with Crippen molar-refractivity contribution in [1.29, 1.82) is 0 Å². The van der Waals surface area contributed by atoms with Gasteiger partial charge in [0.25, 0.3) is 11.5 Å². The Kier molecular flexibility index (Phi) is 6.87. The Balaban J connectivity index is 1.50. The van der Waals surface area contributed by atoms with Gasteiger partial charge < -0.3 is 15.1 Å². The van der Waals surface area contributed by atoms with Gasteiger partial charge in [0.05, 0.1) is 6.54 Å². The van der Waals surface area contributed by atoms with E-state index in [0.29, 0.717) is 37.7 Å². The summed E-state index contributed by atoms with van der Waals surface area (Å²) < 4.78 is 1.26. The lowest BCUT2D eigenvalue weighted by atomic mass is 10.2. The highest BCUT2D eigenvalue weighted by molar-refractivity contribution is 6.30. The van der Waals surface area contributed by atoms with Crippen LogP contribution < -0.4 is 15.8 Å². The molecule has 0 saturated carbocycles. The molecule has 0 spiro atoms. The second-order valence-electron chi connectivity index (χ2n) is 6.81. The maximum atomic E-state index is 12.4. The van der Waals surface area contributed by atoms with Gasteiger partial charge >= 0.3 is 0 Å². The number of halogens is 1. The number of amides is 2. The predicted octanol–water partition coefficient (Wildman–Crippen LogP) is 1.39. The molecule has 1 aromatic heterocycles. The molecular weight excluding hydrogens is 394 g/mol. The minimum atomic E-state index is -0.469. The Morgan fingerprint density at radius 1 is 1.07 bits per heavy atom. The SMILES string of the molecule is CCCn1nc(C(=O)NCC(=O)N2CCN(c3ccc(Cl)cc3)CC2)ccc1=O. The van der Waals surface area contributed by atoms with Crippen LogP contribution in [0.5, 0.6) is 0 Å². The van der Waals surface area contributed by atoms with Crippen molar-refractivity contribution < 1.29 is 9.59 Å². The summed E-state index contributed by atoms with van der Waals surface area (Å²) in [6.07, 6.45) is 0.735. The number of anilines is 1. The monoisotopic (exact) mass is 417 g/mol. The molecule has 1 aromatic carbocycles. The first-order valence-corrected chi connectivity index (χ1v) is 10.0. The molecule has 29 heavy (non-hydrogen) atoms. The van der Waals surface area contributed by atoms with Gasteiger partial charge in [-0.15, -0.1) is 0 Å². The molecule has 2 amide bonds. The van der Waals surface area contributed by atoms with Crippen LogP contribution in [0, 0.1) is 0 Å². The molecule has 154 valence electrons. The fraction of sp³-hybridized carbons (Fsp3) is 0.400. The highest BCUT2D eigenvalue weighted by atomic mass is 35.5. The van der Waals surface area contributed by atoms with E-state index in [-0.39, 0.29) is 23.7 Å². The maximum absolute atomic E-state index is 12.4.